The standard InChI is InChI=1S/C15H24N2O4/c1-2-3-6-16-10-12(8-13(16)18)14(19)17-7-4-5-11(9-17)15(20)21/h11-12H,2-10H2,1H3,(H,20,21)/t11-,12-/m0/s1. The lowest BCUT2D eigenvalue weighted by molar-refractivity contribution is -0.146. The zero-order valence-electron chi connectivity index (χ0n) is 12.6. The zero-order valence-corrected chi connectivity index (χ0v) is 12.6. The predicted molar refractivity (Wildman–Crippen MR) is 76.5 cm³/mol. The molecule has 6 heteroatoms. The average molecular weight is 296 g/mol. The van der Waals surface area contributed by atoms with Crippen LogP contribution < -0.4 is 0 Å². The number of carboxylic acids is 1. The van der Waals surface area contributed by atoms with Gasteiger partial charge in [-0.05, 0) is 19.3 Å². The predicted octanol–water partition coefficient (Wildman–Crippen LogP) is 0.958. The first-order valence-electron chi connectivity index (χ1n) is 7.82. The Balaban J connectivity index is 1.91. The van der Waals surface area contributed by atoms with Crippen molar-refractivity contribution in [3.63, 3.8) is 0 Å². The van der Waals surface area contributed by atoms with Gasteiger partial charge in [-0.15, -0.1) is 0 Å². The molecule has 21 heavy (non-hydrogen) atoms. The highest BCUT2D eigenvalue weighted by Crippen LogP contribution is 2.24. The lowest BCUT2D eigenvalue weighted by atomic mass is 9.96. The molecule has 0 aromatic rings. The molecular weight excluding hydrogens is 272 g/mol. The van der Waals surface area contributed by atoms with Crippen molar-refractivity contribution in [3.8, 4) is 0 Å². The van der Waals surface area contributed by atoms with Crippen LogP contribution in [-0.2, 0) is 14.4 Å². The monoisotopic (exact) mass is 296 g/mol. The van der Waals surface area contributed by atoms with E-state index in [1.165, 1.54) is 0 Å². The number of rotatable bonds is 5. The highest BCUT2D eigenvalue weighted by Gasteiger charge is 2.38. The number of aliphatic carboxylic acids is 1. The van der Waals surface area contributed by atoms with E-state index in [4.69, 9.17) is 5.11 Å². The van der Waals surface area contributed by atoms with Gasteiger partial charge < -0.3 is 14.9 Å². The summed E-state index contributed by atoms with van der Waals surface area (Å²) in [6.45, 7) is 4.18. The van der Waals surface area contributed by atoms with Crippen LogP contribution in [0.1, 0.15) is 39.0 Å². The minimum Gasteiger partial charge on any atom is -0.481 e. The molecule has 0 radical (unpaired) electrons. The maximum absolute atomic E-state index is 12.5. The van der Waals surface area contributed by atoms with Gasteiger partial charge in [-0.1, -0.05) is 13.3 Å². The molecular formula is C15H24N2O4. The third kappa shape index (κ3) is 3.74. The number of amides is 2. The van der Waals surface area contributed by atoms with Gasteiger partial charge in [0.25, 0.3) is 0 Å². The number of unbranched alkanes of at least 4 members (excludes halogenated alkanes) is 1. The van der Waals surface area contributed by atoms with Crippen LogP contribution in [0.15, 0.2) is 0 Å². The molecule has 2 saturated heterocycles. The van der Waals surface area contributed by atoms with Crippen LogP contribution in [0.5, 0.6) is 0 Å². The van der Waals surface area contributed by atoms with Crippen molar-refractivity contribution in [3.05, 3.63) is 0 Å². The molecule has 2 aliphatic heterocycles. The van der Waals surface area contributed by atoms with Gasteiger partial charge >= 0.3 is 5.97 Å². The molecule has 0 aliphatic carbocycles. The number of nitrogens with zero attached hydrogens (tertiary/aromatic N) is 2. The minimum atomic E-state index is -0.834. The van der Waals surface area contributed by atoms with E-state index in [-0.39, 0.29) is 30.7 Å². The number of hydrogen-bond donors (Lipinski definition) is 1. The van der Waals surface area contributed by atoms with Crippen LogP contribution in [0.3, 0.4) is 0 Å². The summed E-state index contributed by atoms with van der Waals surface area (Å²) in [6.07, 6.45) is 3.61. The molecule has 2 rings (SSSR count). The Hall–Kier alpha value is -1.59. The molecule has 2 atom stereocenters. The van der Waals surface area contributed by atoms with Gasteiger partial charge in [0, 0.05) is 32.6 Å². The Kier molecular flexibility index (Phi) is 5.20. The van der Waals surface area contributed by atoms with Crippen LogP contribution >= 0.6 is 0 Å². The fourth-order valence-corrected chi connectivity index (χ4v) is 3.14. The summed E-state index contributed by atoms with van der Waals surface area (Å²) in [4.78, 5) is 38.9. The Morgan fingerprint density at radius 3 is 2.71 bits per heavy atom. The molecule has 6 nitrogen and oxygen atoms in total. The molecule has 0 aromatic carbocycles. The molecule has 0 unspecified atom stereocenters. The number of carbonyl (C=O) groups is 3. The first-order chi connectivity index (χ1) is 10.0. The van der Waals surface area contributed by atoms with Gasteiger partial charge in [0.15, 0.2) is 0 Å². The average Bonchev–Trinajstić information content (AvgIpc) is 2.85. The Bertz CT molecular complexity index is 424. The third-order valence-corrected chi connectivity index (χ3v) is 4.43. The number of piperidine rings is 1. The van der Waals surface area contributed by atoms with Crippen LogP contribution in [0.4, 0.5) is 0 Å². The topological polar surface area (TPSA) is 77.9 Å². The molecule has 0 aromatic heterocycles. The highest BCUT2D eigenvalue weighted by molar-refractivity contribution is 5.89. The van der Waals surface area contributed by atoms with E-state index in [0.717, 1.165) is 25.8 Å². The lowest BCUT2D eigenvalue weighted by Crippen LogP contribution is -2.45. The van der Waals surface area contributed by atoms with Crippen LogP contribution in [0.2, 0.25) is 0 Å². The first kappa shape index (κ1) is 15.8. The Morgan fingerprint density at radius 2 is 2.05 bits per heavy atom. The zero-order chi connectivity index (χ0) is 15.4. The van der Waals surface area contributed by atoms with Crippen molar-refractivity contribution in [2.45, 2.75) is 39.0 Å². The van der Waals surface area contributed by atoms with E-state index in [1.54, 1.807) is 9.80 Å². The van der Waals surface area contributed by atoms with E-state index in [9.17, 15) is 14.4 Å². The van der Waals surface area contributed by atoms with Crippen LogP contribution in [0.25, 0.3) is 0 Å². The molecule has 2 amide bonds. The van der Waals surface area contributed by atoms with Crippen molar-refractivity contribution >= 4 is 17.8 Å². The van der Waals surface area contributed by atoms with E-state index in [2.05, 4.69) is 6.92 Å². The van der Waals surface area contributed by atoms with Crippen molar-refractivity contribution in [1.82, 2.24) is 9.80 Å². The normalized spacial score (nSPS) is 26.2. The fraction of sp³-hybridized carbons (Fsp3) is 0.800. The van der Waals surface area contributed by atoms with Gasteiger partial charge in [-0.2, -0.15) is 0 Å². The van der Waals surface area contributed by atoms with Crippen molar-refractivity contribution in [2.75, 3.05) is 26.2 Å². The van der Waals surface area contributed by atoms with Crippen LogP contribution in [-0.4, -0.2) is 58.9 Å². The smallest absolute Gasteiger partial charge is 0.308 e. The number of likely N-dealkylation sites (tertiary alicyclic amines) is 2. The second kappa shape index (κ2) is 6.91. The Labute approximate surface area is 125 Å². The minimum absolute atomic E-state index is 0.0479. The molecule has 2 heterocycles. The third-order valence-electron chi connectivity index (χ3n) is 4.43. The summed E-state index contributed by atoms with van der Waals surface area (Å²) >= 11 is 0. The first-order valence-corrected chi connectivity index (χ1v) is 7.82. The molecule has 118 valence electrons. The Morgan fingerprint density at radius 1 is 1.29 bits per heavy atom. The second-order valence-corrected chi connectivity index (χ2v) is 6.06. The van der Waals surface area contributed by atoms with Gasteiger partial charge in [-0.3, -0.25) is 14.4 Å². The van der Waals surface area contributed by atoms with Crippen molar-refractivity contribution in [2.24, 2.45) is 11.8 Å². The fourth-order valence-electron chi connectivity index (χ4n) is 3.14. The summed E-state index contributed by atoms with van der Waals surface area (Å²) in [7, 11) is 0. The number of carboxylic acid groups (broad SMARTS) is 1. The van der Waals surface area contributed by atoms with E-state index in [1.807, 2.05) is 0 Å². The summed E-state index contributed by atoms with van der Waals surface area (Å²) in [5.74, 6) is -1.58. The van der Waals surface area contributed by atoms with E-state index < -0.39 is 11.9 Å². The molecule has 0 saturated carbocycles. The summed E-state index contributed by atoms with van der Waals surface area (Å²) in [5, 5.41) is 9.08. The maximum atomic E-state index is 12.5. The summed E-state index contributed by atoms with van der Waals surface area (Å²) < 4.78 is 0. The quantitative estimate of drug-likeness (QED) is 0.819. The molecule has 2 aliphatic rings. The highest BCUT2D eigenvalue weighted by atomic mass is 16.4. The van der Waals surface area contributed by atoms with Gasteiger partial charge in [0.05, 0.1) is 11.8 Å². The largest absolute Gasteiger partial charge is 0.481 e. The molecule has 0 spiro atoms. The number of carbonyl (C=O) groups excluding carboxylic acids is 2. The van der Waals surface area contributed by atoms with Crippen LogP contribution in [0, 0.1) is 11.8 Å². The van der Waals surface area contributed by atoms with Gasteiger partial charge in [0.2, 0.25) is 11.8 Å². The maximum Gasteiger partial charge on any atom is 0.308 e. The molecule has 0 bridgehead atoms. The molecule has 1 N–H and O–H groups in total. The number of hydrogen-bond acceptors (Lipinski definition) is 3. The molecule has 2 fully saturated rings. The van der Waals surface area contributed by atoms with Gasteiger partial charge in [0.1, 0.15) is 0 Å². The summed E-state index contributed by atoms with van der Waals surface area (Å²) in [5.41, 5.74) is 0. The van der Waals surface area contributed by atoms with E-state index in [0.29, 0.717) is 19.5 Å². The lowest BCUT2D eigenvalue weighted by Gasteiger charge is -2.32. The SMILES string of the molecule is CCCCN1C[C@@H](C(=O)N2CCC[C@H](C(=O)O)C2)CC1=O. The second-order valence-electron chi connectivity index (χ2n) is 6.06. The van der Waals surface area contributed by atoms with Gasteiger partial charge in [-0.25, -0.2) is 0 Å². The van der Waals surface area contributed by atoms with E-state index >= 15 is 0 Å². The van der Waals surface area contributed by atoms with Crippen molar-refractivity contribution < 1.29 is 19.5 Å². The summed E-state index contributed by atoms with van der Waals surface area (Å²) in [6, 6.07) is 0. The van der Waals surface area contributed by atoms with Crippen molar-refractivity contribution in [1.29, 1.82) is 0 Å².